The summed E-state index contributed by atoms with van der Waals surface area (Å²) >= 11 is 3.08. The molecule has 0 bridgehead atoms. The van der Waals surface area contributed by atoms with Gasteiger partial charge in [0, 0.05) is 12.1 Å². The molecule has 0 aliphatic carbocycles. The quantitative estimate of drug-likeness (QED) is 0.474. The van der Waals surface area contributed by atoms with Crippen molar-refractivity contribution in [1.29, 1.82) is 0 Å². The Balaban J connectivity index is 3.38. The zero-order chi connectivity index (χ0) is 10.7. The minimum Gasteiger partial charge on any atom is -0.495 e. The first-order chi connectivity index (χ1) is 6.60. The summed E-state index contributed by atoms with van der Waals surface area (Å²) in [6.07, 6.45) is 0.511. The molecule has 0 aromatic heterocycles. The fraction of sp³-hybridized carbons (Fsp3) is 0.125. The Morgan fingerprint density at radius 2 is 2.21 bits per heavy atom. The lowest BCUT2D eigenvalue weighted by atomic mass is 10.2. The number of methoxy groups -OCH3 is 1. The van der Waals surface area contributed by atoms with E-state index in [4.69, 9.17) is 4.74 Å². The molecule has 1 rings (SSSR count). The molecule has 0 amide bonds. The van der Waals surface area contributed by atoms with Crippen LogP contribution in [0.3, 0.4) is 0 Å². The van der Waals surface area contributed by atoms with Gasteiger partial charge in [-0.15, -0.1) is 0 Å². The third-order valence-electron chi connectivity index (χ3n) is 1.60. The number of carbonyl (C=O) groups excluding carboxylic acids is 1. The van der Waals surface area contributed by atoms with Gasteiger partial charge >= 0.3 is 0 Å². The molecule has 0 saturated heterocycles. The molecule has 6 heteroatoms. The van der Waals surface area contributed by atoms with E-state index in [9.17, 15) is 14.9 Å². The van der Waals surface area contributed by atoms with Crippen molar-refractivity contribution in [3.05, 3.63) is 32.3 Å². The molecule has 0 unspecified atom stereocenters. The summed E-state index contributed by atoms with van der Waals surface area (Å²) in [5, 5.41) is 10.4. The maximum Gasteiger partial charge on any atom is 0.271 e. The highest BCUT2D eigenvalue weighted by Gasteiger charge is 2.15. The van der Waals surface area contributed by atoms with E-state index in [2.05, 4.69) is 15.9 Å². The smallest absolute Gasteiger partial charge is 0.271 e. The van der Waals surface area contributed by atoms with Crippen molar-refractivity contribution in [3.8, 4) is 5.75 Å². The minimum atomic E-state index is -0.572. The van der Waals surface area contributed by atoms with Gasteiger partial charge in [0.15, 0.2) is 6.29 Å². The fourth-order valence-electron chi connectivity index (χ4n) is 1.01. The first-order valence-corrected chi connectivity index (χ1v) is 4.36. The summed E-state index contributed by atoms with van der Waals surface area (Å²) in [5.41, 5.74) is -0.00616. The summed E-state index contributed by atoms with van der Waals surface area (Å²) in [7, 11) is 1.39. The Morgan fingerprint density at radius 3 is 2.64 bits per heavy atom. The van der Waals surface area contributed by atoms with Crippen LogP contribution in [-0.4, -0.2) is 18.3 Å². The predicted molar refractivity (Wildman–Crippen MR) is 52.7 cm³/mol. The summed E-state index contributed by atoms with van der Waals surface area (Å²) in [6, 6.07) is 2.45. The molecule has 0 saturated carbocycles. The number of benzene rings is 1. The Kier molecular flexibility index (Phi) is 3.19. The highest BCUT2D eigenvalue weighted by Crippen LogP contribution is 2.32. The average molecular weight is 260 g/mol. The molecule has 0 heterocycles. The SMILES string of the molecule is COc1c(Br)cc([N+](=O)[O-])cc1C=O. The summed E-state index contributed by atoms with van der Waals surface area (Å²) in [5.74, 6) is 0.297. The number of ether oxygens (including phenoxy) is 1. The number of hydrogen-bond donors (Lipinski definition) is 0. The Bertz CT molecular complexity index is 391. The van der Waals surface area contributed by atoms with E-state index in [1.165, 1.54) is 13.2 Å². The zero-order valence-electron chi connectivity index (χ0n) is 7.19. The molecule has 0 atom stereocenters. The maximum absolute atomic E-state index is 10.6. The third kappa shape index (κ3) is 1.90. The van der Waals surface area contributed by atoms with E-state index >= 15 is 0 Å². The van der Waals surface area contributed by atoms with Crippen LogP contribution in [0.5, 0.6) is 5.75 Å². The number of nitro groups is 1. The number of carbonyl (C=O) groups is 1. The monoisotopic (exact) mass is 259 g/mol. The molecule has 0 fully saturated rings. The second-order valence-corrected chi connectivity index (χ2v) is 3.28. The number of halogens is 1. The number of hydrogen-bond acceptors (Lipinski definition) is 4. The Labute approximate surface area is 88.0 Å². The van der Waals surface area contributed by atoms with E-state index < -0.39 is 4.92 Å². The molecule has 0 aliphatic rings. The van der Waals surface area contributed by atoms with Gasteiger partial charge in [0.1, 0.15) is 5.75 Å². The average Bonchev–Trinajstić information content (AvgIpc) is 2.16. The third-order valence-corrected chi connectivity index (χ3v) is 2.19. The molecular weight excluding hydrogens is 254 g/mol. The van der Waals surface area contributed by atoms with Crippen LogP contribution < -0.4 is 4.74 Å². The standard InChI is InChI=1S/C8H6BrNO4/c1-14-8-5(4-11)2-6(10(12)13)3-7(8)9/h2-4H,1H3. The van der Waals surface area contributed by atoms with E-state index in [1.54, 1.807) is 0 Å². The number of nitrogens with zero attached hydrogens (tertiary/aromatic N) is 1. The van der Waals surface area contributed by atoms with Gasteiger partial charge in [0.05, 0.1) is 22.1 Å². The van der Waals surface area contributed by atoms with Crippen LogP contribution >= 0.6 is 15.9 Å². The van der Waals surface area contributed by atoms with E-state index in [0.717, 1.165) is 6.07 Å². The van der Waals surface area contributed by atoms with Crippen LogP contribution in [0.4, 0.5) is 5.69 Å². The van der Waals surface area contributed by atoms with Gasteiger partial charge in [0.2, 0.25) is 0 Å². The van der Waals surface area contributed by atoms with Gasteiger partial charge in [-0.2, -0.15) is 0 Å². The number of nitro benzene ring substituents is 1. The van der Waals surface area contributed by atoms with Gasteiger partial charge in [0.25, 0.3) is 5.69 Å². The maximum atomic E-state index is 10.6. The van der Waals surface area contributed by atoms with Crippen LogP contribution in [0.15, 0.2) is 16.6 Å². The lowest BCUT2D eigenvalue weighted by Gasteiger charge is -2.05. The largest absolute Gasteiger partial charge is 0.495 e. The zero-order valence-corrected chi connectivity index (χ0v) is 8.78. The molecule has 0 N–H and O–H groups in total. The molecule has 0 aliphatic heterocycles. The minimum absolute atomic E-state index is 0.147. The first-order valence-electron chi connectivity index (χ1n) is 3.57. The second-order valence-electron chi connectivity index (χ2n) is 2.43. The van der Waals surface area contributed by atoms with Crippen LogP contribution in [0.2, 0.25) is 0 Å². The summed E-state index contributed by atoms with van der Waals surface area (Å²) < 4.78 is 5.29. The lowest BCUT2D eigenvalue weighted by molar-refractivity contribution is -0.385. The van der Waals surface area contributed by atoms with Crippen molar-refractivity contribution in [2.24, 2.45) is 0 Å². The molecule has 5 nitrogen and oxygen atoms in total. The molecule has 74 valence electrons. The lowest BCUT2D eigenvalue weighted by Crippen LogP contribution is -1.95. The van der Waals surface area contributed by atoms with E-state index in [0.29, 0.717) is 16.5 Å². The normalized spacial score (nSPS) is 9.57. The number of non-ortho nitro benzene ring substituents is 1. The molecule has 1 aromatic carbocycles. The van der Waals surface area contributed by atoms with Gasteiger partial charge in [-0.25, -0.2) is 0 Å². The van der Waals surface area contributed by atoms with Crippen LogP contribution in [0.25, 0.3) is 0 Å². The fourth-order valence-corrected chi connectivity index (χ4v) is 1.63. The van der Waals surface area contributed by atoms with Crippen LogP contribution in [-0.2, 0) is 0 Å². The predicted octanol–water partition coefficient (Wildman–Crippen LogP) is 2.18. The number of rotatable bonds is 3. The van der Waals surface area contributed by atoms with E-state index in [-0.39, 0.29) is 11.3 Å². The first kappa shape index (κ1) is 10.6. The van der Waals surface area contributed by atoms with Crippen molar-refractivity contribution >= 4 is 27.9 Å². The molecule has 0 spiro atoms. The second kappa shape index (κ2) is 4.19. The van der Waals surface area contributed by atoms with Crippen LogP contribution in [0.1, 0.15) is 10.4 Å². The van der Waals surface area contributed by atoms with Crippen molar-refractivity contribution in [2.75, 3.05) is 7.11 Å². The topological polar surface area (TPSA) is 69.4 Å². The van der Waals surface area contributed by atoms with Crippen molar-refractivity contribution in [1.82, 2.24) is 0 Å². The number of aldehydes is 1. The van der Waals surface area contributed by atoms with Gasteiger partial charge < -0.3 is 4.74 Å². The van der Waals surface area contributed by atoms with E-state index in [1.807, 2.05) is 0 Å². The van der Waals surface area contributed by atoms with Gasteiger partial charge in [-0.3, -0.25) is 14.9 Å². The van der Waals surface area contributed by atoms with Gasteiger partial charge in [-0.05, 0) is 15.9 Å². The van der Waals surface area contributed by atoms with Gasteiger partial charge in [-0.1, -0.05) is 0 Å². The summed E-state index contributed by atoms with van der Waals surface area (Å²) in [6.45, 7) is 0. The highest BCUT2D eigenvalue weighted by atomic mass is 79.9. The Hall–Kier alpha value is -1.43. The Morgan fingerprint density at radius 1 is 1.57 bits per heavy atom. The van der Waals surface area contributed by atoms with Crippen molar-refractivity contribution in [3.63, 3.8) is 0 Å². The van der Waals surface area contributed by atoms with Crippen molar-refractivity contribution in [2.45, 2.75) is 0 Å². The molecule has 0 radical (unpaired) electrons. The van der Waals surface area contributed by atoms with Crippen LogP contribution in [0, 0.1) is 10.1 Å². The molecule has 14 heavy (non-hydrogen) atoms. The molecular formula is C8H6BrNO4. The molecule has 1 aromatic rings. The summed E-state index contributed by atoms with van der Waals surface area (Å²) in [4.78, 5) is 20.5. The van der Waals surface area contributed by atoms with Crippen molar-refractivity contribution < 1.29 is 14.5 Å². The highest BCUT2D eigenvalue weighted by molar-refractivity contribution is 9.10.